The Hall–Kier alpha value is -3.95. The van der Waals surface area contributed by atoms with Crippen molar-refractivity contribution < 1.29 is 38.1 Å². The predicted molar refractivity (Wildman–Crippen MR) is 120 cm³/mol. The average molecular weight is 470 g/mol. The van der Waals surface area contributed by atoms with Crippen LogP contribution >= 0.6 is 0 Å². The second-order valence-corrected chi connectivity index (χ2v) is 7.94. The molecule has 2 N–H and O–H groups in total. The van der Waals surface area contributed by atoms with Crippen LogP contribution in [0.15, 0.2) is 36.4 Å². The van der Waals surface area contributed by atoms with E-state index in [1.165, 1.54) is 26.4 Å². The van der Waals surface area contributed by atoms with Crippen LogP contribution in [0.1, 0.15) is 36.0 Å². The molecule has 10 nitrogen and oxygen atoms in total. The van der Waals surface area contributed by atoms with Gasteiger partial charge in [-0.1, -0.05) is 0 Å². The maximum atomic E-state index is 12.3. The minimum absolute atomic E-state index is 0.283. The third-order valence-corrected chi connectivity index (χ3v) is 5.59. The van der Waals surface area contributed by atoms with Gasteiger partial charge in [0.2, 0.25) is 0 Å². The fourth-order valence-corrected chi connectivity index (χ4v) is 3.92. The molecule has 1 heterocycles. The smallest absolute Gasteiger partial charge is 0.325 e. The Morgan fingerprint density at radius 2 is 1.68 bits per heavy atom. The summed E-state index contributed by atoms with van der Waals surface area (Å²) >= 11 is 0. The molecule has 1 fully saturated rings. The Kier molecular flexibility index (Phi) is 6.76. The Balaban J connectivity index is 1.22. The highest BCUT2D eigenvalue weighted by Gasteiger charge is 2.44. The molecule has 2 aromatic carbocycles. The Labute approximate surface area is 196 Å². The number of esters is 1. The number of amides is 2. The molecule has 4 rings (SSSR count). The molecule has 1 saturated carbocycles. The first-order valence-electron chi connectivity index (χ1n) is 10.9. The quantitative estimate of drug-likeness (QED) is 0.565. The van der Waals surface area contributed by atoms with E-state index in [0.29, 0.717) is 28.7 Å². The number of nitrogens with one attached hydrogen (secondary N) is 2. The topological polar surface area (TPSA) is 121 Å². The maximum absolute atomic E-state index is 12.3. The van der Waals surface area contributed by atoms with Crippen molar-refractivity contribution in [2.45, 2.75) is 31.5 Å². The molecule has 1 aliphatic carbocycles. The summed E-state index contributed by atoms with van der Waals surface area (Å²) in [5.41, 5.74) is 0.783. The van der Waals surface area contributed by atoms with Crippen LogP contribution in [0.4, 0.5) is 5.69 Å². The van der Waals surface area contributed by atoms with Crippen molar-refractivity contribution >= 4 is 23.5 Å². The summed E-state index contributed by atoms with van der Waals surface area (Å²) in [6.07, 6.45) is 3.78. The van der Waals surface area contributed by atoms with Crippen LogP contribution in [0.5, 0.6) is 23.0 Å². The van der Waals surface area contributed by atoms with Gasteiger partial charge in [0.05, 0.1) is 14.2 Å². The molecule has 0 atom stereocenters. The molecule has 2 aliphatic rings. The van der Waals surface area contributed by atoms with Crippen LogP contribution in [-0.4, -0.2) is 50.9 Å². The normalized spacial score (nSPS) is 15.0. The van der Waals surface area contributed by atoms with Crippen LogP contribution < -0.4 is 29.6 Å². The van der Waals surface area contributed by atoms with Crippen molar-refractivity contribution in [2.24, 2.45) is 0 Å². The van der Waals surface area contributed by atoms with Crippen LogP contribution in [0, 0.1) is 0 Å². The maximum Gasteiger partial charge on any atom is 0.325 e. The fourth-order valence-electron chi connectivity index (χ4n) is 3.92. The molecule has 0 unspecified atom stereocenters. The van der Waals surface area contributed by atoms with Crippen molar-refractivity contribution in [3.8, 4) is 23.0 Å². The first-order chi connectivity index (χ1) is 16.4. The van der Waals surface area contributed by atoms with E-state index in [9.17, 15) is 14.4 Å². The first-order valence-corrected chi connectivity index (χ1v) is 10.9. The number of ether oxygens (including phenoxy) is 5. The van der Waals surface area contributed by atoms with Gasteiger partial charge in [-0.15, -0.1) is 0 Å². The monoisotopic (exact) mass is 470 g/mol. The van der Waals surface area contributed by atoms with Crippen LogP contribution in [0.25, 0.3) is 0 Å². The molecule has 0 aromatic heterocycles. The van der Waals surface area contributed by atoms with Crippen LogP contribution in [-0.2, 0) is 14.3 Å². The van der Waals surface area contributed by atoms with E-state index in [2.05, 4.69) is 10.6 Å². The molecule has 2 amide bonds. The number of rotatable bonds is 8. The van der Waals surface area contributed by atoms with Gasteiger partial charge >= 0.3 is 5.97 Å². The van der Waals surface area contributed by atoms with Crippen molar-refractivity contribution in [3.63, 3.8) is 0 Å². The average Bonchev–Trinajstić information content (AvgIpc) is 3.45. The molecule has 1 aliphatic heterocycles. The van der Waals surface area contributed by atoms with Gasteiger partial charge in [-0.3, -0.25) is 14.4 Å². The third-order valence-electron chi connectivity index (χ3n) is 5.59. The molecule has 0 radical (unpaired) electrons. The molecule has 10 heteroatoms. The zero-order chi connectivity index (χ0) is 24.1. The van der Waals surface area contributed by atoms with Crippen molar-refractivity contribution in [1.29, 1.82) is 0 Å². The number of hydrogen-bond acceptors (Lipinski definition) is 8. The highest BCUT2D eigenvalue weighted by molar-refractivity contribution is 5.97. The minimum Gasteiger partial charge on any atom is -0.493 e. The minimum atomic E-state index is -0.752. The number of anilines is 1. The van der Waals surface area contributed by atoms with Crippen molar-refractivity contribution in [3.05, 3.63) is 42.0 Å². The fraction of sp³-hybridized carbons (Fsp3) is 0.375. The summed E-state index contributed by atoms with van der Waals surface area (Å²) < 4.78 is 27.2. The number of benzene rings is 2. The van der Waals surface area contributed by atoms with E-state index in [0.717, 1.165) is 25.7 Å². The Bertz CT molecular complexity index is 1090. The lowest BCUT2D eigenvalue weighted by molar-refractivity contribution is -0.146. The van der Waals surface area contributed by atoms with Gasteiger partial charge in [0.1, 0.15) is 6.54 Å². The van der Waals surface area contributed by atoms with Crippen LogP contribution in [0.3, 0.4) is 0 Å². The second kappa shape index (κ2) is 9.90. The van der Waals surface area contributed by atoms with Crippen LogP contribution in [0.2, 0.25) is 0 Å². The lowest BCUT2D eigenvalue weighted by Crippen LogP contribution is -2.34. The SMILES string of the molecule is COc1ccc(C(=O)NCC(=O)OCC(=O)Nc2ccc3c(c2)OC2(CCCC2)O3)cc1OC. The predicted octanol–water partition coefficient (Wildman–Crippen LogP) is 2.66. The summed E-state index contributed by atoms with van der Waals surface area (Å²) in [6.45, 7) is -0.893. The molecule has 1 spiro atoms. The van der Waals surface area contributed by atoms with Gasteiger partial charge in [0.15, 0.2) is 29.6 Å². The molecule has 180 valence electrons. The number of hydrogen-bond donors (Lipinski definition) is 2. The lowest BCUT2D eigenvalue weighted by atomic mass is 10.2. The Morgan fingerprint density at radius 3 is 2.41 bits per heavy atom. The zero-order valence-corrected chi connectivity index (χ0v) is 19.0. The van der Waals surface area contributed by atoms with Gasteiger partial charge in [-0.05, 0) is 43.2 Å². The van der Waals surface area contributed by atoms with Gasteiger partial charge in [0.25, 0.3) is 17.6 Å². The summed E-state index contributed by atoms with van der Waals surface area (Å²) in [5.74, 6) is -0.260. The Morgan fingerprint density at radius 1 is 0.941 bits per heavy atom. The van der Waals surface area contributed by atoms with Gasteiger partial charge in [-0.25, -0.2) is 0 Å². The summed E-state index contributed by atoms with van der Waals surface area (Å²) in [7, 11) is 2.94. The van der Waals surface area contributed by atoms with Gasteiger partial charge < -0.3 is 34.3 Å². The van der Waals surface area contributed by atoms with E-state index >= 15 is 0 Å². The first kappa shape index (κ1) is 23.2. The standard InChI is InChI=1S/C24H26N2O8/c1-30-17-7-5-15(11-19(17)31-2)23(29)25-13-22(28)32-14-21(27)26-16-6-8-18-20(12-16)34-24(33-18)9-3-4-10-24/h5-8,11-12H,3-4,9-10,13-14H2,1-2H3,(H,25,29)(H,26,27). The van der Waals surface area contributed by atoms with Gasteiger partial charge in [-0.2, -0.15) is 0 Å². The lowest BCUT2D eigenvalue weighted by Gasteiger charge is -2.21. The van der Waals surface area contributed by atoms with E-state index in [1.54, 1.807) is 24.3 Å². The van der Waals surface area contributed by atoms with E-state index in [4.69, 9.17) is 23.7 Å². The number of carbonyl (C=O) groups is 3. The highest BCUT2D eigenvalue weighted by atomic mass is 16.7. The molecule has 34 heavy (non-hydrogen) atoms. The number of methoxy groups -OCH3 is 2. The molecular weight excluding hydrogens is 444 g/mol. The number of fused-ring (bicyclic) bond motifs is 1. The molecular formula is C24H26N2O8. The largest absolute Gasteiger partial charge is 0.493 e. The number of carbonyl (C=O) groups excluding carboxylic acids is 3. The van der Waals surface area contributed by atoms with E-state index < -0.39 is 36.7 Å². The molecule has 2 aromatic rings. The second-order valence-electron chi connectivity index (χ2n) is 7.94. The molecule has 0 bridgehead atoms. The van der Waals surface area contributed by atoms with E-state index in [1.807, 2.05) is 0 Å². The van der Waals surface area contributed by atoms with Crippen molar-refractivity contribution in [2.75, 3.05) is 32.7 Å². The van der Waals surface area contributed by atoms with Crippen molar-refractivity contribution in [1.82, 2.24) is 5.32 Å². The molecule has 0 saturated heterocycles. The van der Waals surface area contributed by atoms with E-state index in [-0.39, 0.29) is 5.56 Å². The summed E-state index contributed by atoms with van der Waals surface area (Å²) in [5, 5.41) is 5.10. The highest BCUT2D eigenvalue weighted by Crippen LogP contribution is 2.47. The third kappa shape index (κ3) is 5.16. The zero-order valence-electron chi connectivity index (χ0n) is 19.0. The summed E-state index contributed by atoms with van der Waals surface area (Å²) in [6, 6.07) is 9.74. The van der Waals surface area contributed by atoms with Gasteiger partial charge in [0, 0.05) is 30.2 Å². The summed E-state index contributed by atoms with van der Waals surface area (Å²) in [4.78, 5) is 36.4.